The van der Waals surface area contributed by atoms with Gasteiger partial charge < -0.3 is 0 Å². The van der Waals surface area contributed by atoms with Crippen LogP contribution in [0.15, 0.2) is 5.38 Å². The molecule has 1 heterocycles. The van der Waals surface area contributed by atoms with Gasteiger partial charge >= 0.3 is 0 Å². The quantitative estimate of drug-likeness (QED) is 0.772. The number of nitrogens with zero attached hydrogens (tertiary/aromatic N) is 1. The van der Waals surface area contributed by atoms with E-state index >= 15 is 0 Å². The Balaban J connectivity index is 1.90. The van der Waals surface area contributed by atoms with Crippen LogP contribution in [0, 0.1) is 0 Å². The predicted octanol–water partition coefficient (Wildman–Crippen LogP) is 4.05. The number of thioether (sulfide) groups is 1. The molecule has 1 saturated carbocycles. The van der Waals surface area contributed by atoms with Crippen LogP contribution in [0.4, 0.5) is 0 Å². The van der Waals surface area contributed by atoms with Gasteiger partial charge in [-0.05, 0) is 12.8 Å². The van der Waals surface area contributed by atoms with Crippen LogP contribution in [0.5, 0.6) is 0 Å². The summed E-state index contributed by atoms with van der Waals surface area (Å²) in [5.41, 5.74) is 1.35. The lowest BCUT2D eigenvalue weighted by atomic mass is 10.3. The molecule has 0 saturated heterocycles. The molecule has 1 aliphatic rings. The predicted molar refractivity (Wildman–Crippen MR) is 65.1 cm³/mol. The Morgan fingerprint density at radius 2 is 2.21 bits per heavy atom. The highest BCUT2D eigenvalue weighted by Crippen LogP contribution is 2.40. The average Bonchev–Trinajstić information content (AvgIpc) is 2.81. The third-order valence-corrected chi connectivity index (χ3v) is 4.53. The molecule has 1 fully saturated rings. The van der Waals surface area contributed by atoms with Crippen molar-refractivity contribution in [2.75, 3.05) is 0 Å². The SMILES string of the molecule is CC(C)(C)SCc1nc(C2CC2)cs1. The maximum absolute atomic E-state index is 4.67. The van der Waals surface area contributed by atoms with E-state index in [1.54, 1.807) is 0 Å². The van der Waals surface area contributed by atoms with Gasteiger partial charge in [-0.3, -0.25) is 0 Å². The molecular weight excluding hydrogens is 210 g/mol. The normalized spacial score (nSPS) is 17.4. The van der Waals surface area contributed by atoms with Crippen LogP contribution in [0.3, 0.4) is 0 Å². The Hall–Kier alpha value is -0.0200. The Kier molecular flexibility index (Phi) is 2.89. The fourth-order valence-electron chi connectivity index (χ4n) is 1.24. The van der Waals surface area contributed by atoms with Crippen LogP contribution in [0.2, 0.25) is 0 Å². The summed E-state index contributed by atoms with van der Waals surface area (Å²) < 4.78 is 0.353. The first kappa shape index (κ1) is 10.5. The van der Waals surface area contributed by atoms with E-state index in [9.17, 15) is 0 Å². The van der Waals surface area contributed by atoms with Gasteiger partial charge in [0.05, 0.1) is 5.69 Å². The molecule has 0 bridgehead atoms. The molecule has 2 rings (SSSR count). The molecule has 14 heavy (non-hydrogen) atoms. The second-order valence-electron chi connectivity index (χ2n) is 4.84. The zero-order chi connectivity index (χ0) is 10.2. The van der Waals surface area contributed by atoms with Gasteiger partial charge in [-0.15, -0.1) is 23.1 Å². The van der Waals surface area contributed by atoms with Crippen LogP contribution in [0.25, 0.3) is 0 Å². The van der Waals surface area contributed by atoms with Crippen molar-refractivity contribution in [2.24, 2.45) is 0 Å². The molecule has 0 aliphatic heterocycles. The van der Waals surface area contributed by atoms with Crippen molar-refractivity contribution in [3.63, 3.8) is 0 Å². The van der Waals surface area contributed by atoms with Gasteiger partial charge in [-0.1, -0.05) is 20.8 Å². The Morgan fingerprint density at radius 3 is 2.79 bits per heavy atom. The minimum Gasteiger partial charge on any atom is -0.245 e. The largest absolute Gasteiger partial charge is 0.245 e. The van der Waals surface area contributed by atoms with Crippen molar-refractivity contribution in [2.45, 2.75) is 50.0 Å². The molecule has 0 spiro atoms. The standard InChI is InChI=1S/C11H17NS2/c1-11(2,3)14-7-10-12-9(6-13-10)8-4-5-8/h6,8H,4-5,7H2,1-3H3. The van der Waals surface area contributed by atoms with E-state index in [4.69, 9.17) is 0 Å². The monoisotopic (exact) mass is 227 g/mol. The van der Waals surface area contributed by atoms with Crippen LogP contribution in [-0.4, -0.2) is 9.73 Å². The topological polar surface area (TPSA) is 12.9 Å². The highest BCUT2D eigenvalue weighted by atomic mass is 32.2. The van der Waals surface area contributed by atoms with Crippen LogP contribution >= 0.6 is 23.1 Å². The lowest BCUT2D eigenvalue weighted by Crippen LogP contribution is -2.07. The van der Waals surface area contributed by atoms with Crippen molar-refractivity contribution < 1.29 is 0 Å². The molecule has 0 aromatic carbocycles. The van der Waals surface area contributed by atoms with Crippen molar-refractivity contribution in [1.29, 1.82) is 0 Å². The number of hydrogen-bond acceptors (Lipinski definition) is 3. The Bertz CT molecular complexity index is 307. The van der Waals surface area contributed by atoms with Crippen molar-refractivity contribution in [3.8, 4) is 0 Å². The fraction of sp³-hybridized carbons (Fsp3) is 0.727. The van der Waals surface area contributed by atoms with E-state index < -0.39 is 0 Å². The summed E-state index contributed by atoms with van der Waals surface area (Å²) in [6.07, 6.45) is 2.71. The van der Waals surface area contributed by atoms with E-state index in [2.05, 4.69) is 31.1 Å². The smallest absolute Gasteiger partial charge is 0.103 e. The molecule has 0 atom stereocenters. The molecule has 0 N–H and O–H groups in total. The summed E-state index contributed by atoms with van der Waals surface area (Å²) in [5, 5.41) is 3.54. The molecule has 0 unspecified atom stereocenters. The van der Waals surface area contributed by atoms with Crippen molar-refractivity contribution in [1.82, 2.24) is 4.98 Å². The van der Waals surface area contributed by atoms with Gasteiger partial charge in [0.25, 0.3) is 0 Å². The highest BCUT2D eigenvalue weighted by Gasteiger charge is 2.26. The summed E-state index contributed by atoms with van der Waals surface area (Å²) in [5.74, 6) is 1.88. The third-order valence-electron chi connectivity index (χ3n) is 2.19. The molecule has 1 nitrogen and oxygen atoms in total. The van der Waals surface area contributed by atoms with E-state index in [1.807, 2.05) is 23.1 Å². The summed E-state index contributed by atoms with van der Waals surface area (Å²) in [6.45, 7) is 6.77. The van der Waals surface area contributed by atoms with Gasteiger partial charge in [-0.2, -0.15) is 0 Å². The minimum absolute atomic E-state index is 0.353. The average molecular weight is 227 g/mol. The number of aromatic nitrogens is 1. The number of hydrogen-bond donors (Lipinski definition) is 0. The van der Waals surface area contributed by atoms with Crippen molar-refractivity contribution in [3.05, 3.63) is 16.1 Å². The maximum atomic E-state index is 4.67. The molecular formula is C11H17NS2. The molecule has 1 aromatic heterocycles. The maximum Gasteiger partial charge on any atom is 0.103 e. The number of rotatable bonds is 3. The molecule has 3 heteroatoms. The van der Waals surface area contributed by atoms with Gasteiger partial charge in [0.15, 0.2) is 0 Å². The molecule has 1 aromatic rings. The Labute approximate surface area is 94.3 Å². The zero-order valence-corrected chi connectivity index (χ0v) is 10.7. The van der Waals surface area contributed by atoms with E-state index in [-0.39, 0.29) is 0 Å². The van der Waals surface area contributed by atoms with Gasteiger partial charge in [0.2, 0.25) is 0 Å². The highest BCUT2D eigenvalue weighted by molar-refractivity contribution is 7.99. The van der Waals surface area contributed by atoms with Gasteiger partial charge in [0, 0.05) is 21.8 Å². The number of thiazole rings is 1. The lowest BCUT2D eigenvalue weighted by Gasteiger charge is -2.16. The molecule has 0 amide bonds. The second kappa shape index (κ2) is 3.86. The fourth-order valence-corrected chi connectivity index (χ4v) is 2.97. The van der Waals surface area contributed by atoms with Gasteiger partial charge in [-0.25, -0.2) is 4.98 Å². The summed E-state index contributed by atoms with van der Waals surface area (Å²) >= 11 is 3.81. The first-order chi connectivity index (χ1) is 6.54. The zero-order valence-electron chi connectivity index (χ0n) is 9.04. The summed E-state index contributed by atoms with van der Waals surface area (Å²) in [7, 11) is 0. The van der Waals surface area contributed by atoms with Crippen molar-refractivity contribution >= 4 is 23.1 Å². The van der Waals surface area contributed by atoms with Gasteiger partial charge in [0.1, 0.15) is 5.01 Å². The Morgan fingerprint density at radius 1 is 1.50 bits per heavy atom. The minimum atomic E-state index is 0.353. The van der Waals surface area contributed by atoms with E-state index in [0.29, 0.717) is 4.75 Å². The summed E-state index contributed by atoms with van der Waals surface area (Å²) in [6, 6.07) is 0. The van der Waals surface area contributed by atoms with E-state index in [0.717, 1.165) is 11.7 Å². The third kappa shape index (κ3) is 2.99. The summed E-state index contributed by atoms with van der Waals surface area (Å²) in [4.78, 5) is 4.67. The molecule has 1 aliphatic carbocycles. The van der Waals surface area contributed by atoms with Crippen LogP contribution in [0.1, 0.15) is 50.2 Å². The van der Waals surface area contributed by atoms with Crippen LogP contribution in [-0.2, 0) is 5.75 Å². The second-order valence-corrected chi connectivity index (χ2v) is 7.59. The molecule has 78 valence electrons. The first-order valence-electron chi connectivity index (χ1n) is 5.13. The van der Waals surface area contributed by atoms with Crippen LogP contribution < -0.4 is 0 Å². The van der Waals surface area contributed by atoms with E-state index in [1.165, 1.54) is 23.5 Å². The first-order valence-corrected chi connectivity index (χ1v) is 6.99. The lowest BCUT2D eigenvalue weighted by molar-refractivity contribution is 0.802. The molecule has 0 radical (unpaired) electrons.